The highest BCUT2D eigenvalue weighted by Gasteiger charge is 2.31. The molecule has 0 saturated carbocycles. The fraction of sp³-hybridized carbons (Fsp3) is 0.190. The van der Waals surface area contributed by atoms with Crippen LogP contribution >= 0.6 is 11.8 Å². The Morgan fingerprint density at radius 1 is 1.17 bits per heavy atom. The van der Waals surface area contributed by atoms with Gasteiger partial charge in [0.2, 0.25) is 5.91 Å². The predicted octanol–water partition coefficient (Wildman–Crippen LogP) is 2.67. The van der Waals surface area contributed by atoms with E-state index in [9.17, 15) is 14.4 Å². The third kappa shape index (κ3) is 6.11. The third-order valence-electron chi connectivity index (χ3n) is 3.94. The number of nitrogens with one attached hydrogen (secondary N) is 2. The van der Waals surface area contributed by atoms with Crippen LogP contribution in [0.25, 0.3) is 6.08 Å². The summed E-state index contributed by atoms with van der Waals surface area (Å²) in [6.07, 6.45) is 3.80. The highest BCUT2D eigenvalue weighted by Crippen LogP contribution is 2.25. The average Bonchev–Trinajstić information content (AvgIpc) is 3.06. The van der Waals surface area contributed by atoms with Crippen molar-refractivity contribution >= 4 is 41.2 Å². The zero-order valence-electron chi connectivity index (χ0n) is 15.8. The molecule has 1 saturated heterocycles. The number of rotatable bonds is 7. The van der Waals surface area contributed by atoms with Crippen LogP contribution in [0.1, 0.15) is 12.5 Å². The molecule has 0 aliphatic carbocycles. The minimum Gasteiger partial charge on any atom is -0.484 e. The van der Waals surface area contributed by atoms with Crippen molar-refractivity contribution in [3.05, 3.63) is 66.2 Å². The van der Waals surface area contributed by atoms with Crippen molar-refractivity contribution in [1.82, 2.24) is 10.4 Å². The monoisotopic (exact) mass is 411 g/mol. The number of thioether (sulfide) groups is 1. The molecule has 1 fully saturated rings. The molecule has 0 bridgehead atoms. The first-order chi connectivity index (χ1) is 14.0. The summed E-state index contributed by atoms with van der Waals surface area (Å²) in [4.78, 5) is 35.4. The number of hydrogen-bond donors (Lipinski definition) is 2. The standard InChI is InChI=1S/C21H21N3O4S/c1-15(25)22-17-8-10-18(11-9-17)28-13-19(26)23-24-20(27)14-29-21(24)12-7-16-5-3-2-4-6-16/h2-12,21H,13-14H2,1H3,(H,22,25)(H,23,26)/b12-7+. The van der Waals surface area contributed by atoms with Crippen molar-refractivity contribution in [2.45, 2.75) is 12.3 Å². The van der Waals surface area contributed by atoms with Crippen molar-refractivity contribution < 1.29 is 19.1 Å². The van der Waals surface area contributed by atoms with Crippen LogP contribution in [-0.2, 0) is 14.4 Å². The number of carbonyl (C=O) groups is 3. The second kappa shape index (κ2) is 9.79. The maximum absolute atomic E-state index is 12.2. The Balaban J connectivity index is 1.52. The molecule has 2 aromatic rings. The van der Waals surface area contributed by atoms with Crippen LogP contribution in [0.5, 0.6) is 5.75 Å². The molecule has 8 heteroatoms. The van der Waals surface area contributed by atoms with Crippen molar-refractivity contribution in [2.75, 3.05) is 17.7 Å². The first kappa shape index (κ1) is 20.5. The Morgan fingerprint density at radius 3 is 2.59 bits per heavy atom. The van der Waals surface area contributed by atoms with Crippen LogP contribution in [0.4, 0.5) is 5.69 Å². The van der Waals surface area contributed by atoms with Crippen molar-refractivity contribution in [3.63, 3.8) is 0 Å². The van der Waals surface area contributed by atoms with E-state index in [0.29, 0.717) is 17.2 Å². The van der Waals surface area contributed by atoms with Crippen molar-refractivity contribution in [1.29, 1.82) is 0 Å². The largest absolute Gasteiger partial charge is 0.484 e. The summed E-state index contributed by atoms with van der Waals surface area (Å²) in [6.45, 7) is 1.19. The Morgan fingerprint density at radius 2 is 1.90 bits per heavy atom. The quantitative estimate of drug-likeness (QED) is 0.731. The molecule has 29 heavy (non-hydrogen) atoms. The number of carbonyl (C=O) groups excluding carboxylic acids is 3. The average molecular weight is 411 g/mol. The lowest BCUT2D eigenvalue weighted by Gasteiger charge is -2.22. The lowest BCUT2D eigenvalue weighted by atomic mass is 10.2. The molecule has 0 aromatic heterocycles. The van der Waals surface area contributed by atoms with E-state index in [1.54, 1.807) is 24.3 Å². The van der Waals surface area contributed by atoms with Crippen LogP contribution in [0.2, 0.25) is 0 Å². The number of benzene rings is 2. The summed E-state index contributed by atoms with van der Waals surface area (Å²) in [6, 6.07) is 16.4. The Labute approximate surface area is 173 Å². The van der Waals surface area contributed by atoms with Gasteiger partial charge in [0.15, 0.2) is 6.61 Å². The molecule has 1 aliphatic rings. The topological polar surface area (TPSA) is 87.7 Å². The second-order valence-corrected chi connectivity index (χ2v) is 7.37. The molecule has 2 aromatic carbocycles. The highest BCUT2D eigenvalue weighted by molar-refractivity contribution is 8.01. The zero-order valence-corrected chi connectivity index (χ0v) is 16.6. The lowest BCUT2D eigenvalue weighted by Crippen LogP contribution is -2.48. The van der Waals surface area contributed by atoms with E-state index < -0.39 is 5.91 Å². The Hall–Kier alpha value is -3.26. The van der Waals surface area contributed by atoms with Gasteiger partial charge in [-0.25, -0.2) is 5.01 Å². The molecular weight excluding hydrogens is 390 g/mol. The Bertz CT molecular complexity index is 900. The molecule has 150 valence electrons. The molecule has 3 amide bonds. The van der Waals surface area contributed by atoms with Gasteiger partial charge in [-0.05, 0) is 35.9 Å². The van der Waals surface area contributed by atoms with Gasteiger partial charge in [0.05, 0.1) is 5.75 Å². The van der Waals surface area contributed by atoms with Crippen LogP contribution < -0.4 is 15.5 Å². The first-order valence-corrected chi connectivity index (χ1v) is 10.0. The number of anilines is 1. The smallest absolute Gasteiger partial charge is 0.276 e. The summed E-state index contributed by atoms with van der Waals surface area (Å²) in [5.41, 5.74) is 4.27. The molecule has 1 unspecified atom stereocenters. The molecule has 3 rings (SSSR count). The van der Waals surface area contributed by atoms with Crippen LogP contribution in [-0.4, -0.2) is 40.5 Å². The van der Waals surface area contributed by atoms with Gasteiger partial charge in [0, 0.05) is 12.6 Å². The molecule has 1 atom stereocenters. The van der Waals surface area contributed by atoms with E-state index in [0.717, 1.165) is 5.56 Å². The molecule has 0 radical (unpaired) electrons. The SMILES string of the molecule is CC(=O)Nc1ccc(OCC(=O)NN2C(=O)CSC2/C=C/c2ccccc2)cc1. The van der Waals surface area contributed by atoms with E-state index in [4.69, 9.17) is 4.74 Å². The summed E-state index contributed by atoms with van der Waals surface area (Å²) >= 11 is 1.44. The summed E-state index contributed by atoms with van der Waals surface area (Å²) in [5.74, 6) is 0.0322. The molecule has 1 aliphatic heterocycles. The van der Waals surface area contributed by atoms with Gasteiger partial charge >= 0.3 is 0 Å². The van der Waals surface area contributed by atoms with Gasteiger partial charge in [-0.2, -0.15) is 0 Å². The van der Waals surface area contributed by atoms with E-state index in [1.807, 2.05) is 42.5 Å². The van der Waals surface area contributed by atoms with E-state index >= 15 is 0 Å². The van der Waals surface area contributed by atoms with Gasteiger partial charge in [0.25, 0.3) is 11.8 Å². The number of nitrogens with zero attached hydrogens (tertiary/aromatic N) is 1. The number of hydrogen-bond acceptors (Lipinski definition) is 5. The minimum absolute atomic E-state index is 0.161. The minimum atomic E-state index is -0.426. The van der Waals surface area contributed by atoms with E-state index in [2.05, 4.69) is 10.7 Å². The van der Waals surface area contributed by atoms with Crippen LogP contribution in [0.15, 0.2) is 60.7 Å². The molecule has 1 heterocycles. The van der Waals surface area contributed by atoms with Gasteiger partial charge in [-0.15, -0.1) is 11.8 Å². The van der Waals surface area contributed by atoms with E-state index in [-0.39, 0.29) is 23.8 Å². The Kier molecular flexibility index (Phi) is 6.91. The van der Waals surface area contributed by atoms with Crippen molar-refractivity contribution in [2.24, 2.45) is 0 Å². The lowest BCUT2D eigenvalue weighted by molar-refractivity contribution is -0.139. The second-order valence-electron chi connectivity index (χ2n) is 6.26. The van der Waals surface area contributed by atoms with Gasteiger partial charge in [0.1, 0.15) is 11.1 Å². The van der Waals surface area contributed by atoms with Crippen LogP contribution in [0, 0.1) is 0 Å². The van der Waals surface area contributed by atoms with Gasteiger partial charge in [-0.3, -0.25) is 19.8 Å². The maximum Gasteiger partial charge on any atom is 0.276 e. The normalized spacial score (nSPS) is 16.1. The molecule has 2 N–H and O–H groups in total. The van der Waals surface area contributed by atoms with Crippen LogP contribution in [0.3, 0.4) is 0 Å². The molecule has 0 spiro atoms. The molecular formula is C21H21N3O4S. The first-order valence-electron chi connectivity index (χ1n) is 8.98. The number of amides is 3. The highest BCUT2D eigenvalue weighted by atomic mass is 32.2. The predicted molar refractivity (Wildman–Crippen MR) is 113 cm³/mol. The maximum atomic E-state index is 12.2. The summed E-state index contributed by atoms with van der Waals surface area (Å²) in [7, 11) is 0. The fourth-order valence-electron chi connectivity index (χ4n) is 2.62. The third-order valence-corrected chi connectivity index (χ3v) is 5.07. The number of ether oxygens (including phenoxy) is 1. The van der Waals surface area contributed by atoms with Gasteiger partial charge in [-0.1, -0.05) is 36.4 Å². The zero-order chi connectivity index (χ0) is 20.6. The number of hydrazine groups is 1. The summed E-state index contributed by atoms with van der Waals surface area (Å²) < 4.78 is 5.45. The van der Waals surface area contributed by atoms with E-state index in [1.165, 1.54) is 23.7 Å². The van der Waals surface area contributed by atoms with Gasteiger partial charge < -0.3 is 10.1 Å². The van der Waals surface area contributed by atoms with Crippen molar-refractivity contribution in [3.8, 4) is 5.75 Å². The summed E-state index contributed by atoms with van der Waals surface area (Å²) in [5, 5.41) is 3.71. The molecule has 7 nitrogen and oxygen atoms in total. The fourth-order valence-corrected chi connectivity index (χ4v) is 3.58.